The molecule has 1 heterocycles. The first-order valence-corrected chi connectivity index (χ1v) is 5.51. The van der Waals surface area contributed by atoms with Gasteiger partial charge in [0.15, 0.2) is 0 Å². The van der Waals surface area contributed by atoms with Crippen LogP contribution in [-0.2, 0) is 9.53 Å². The van der Waals surface area contributed by atoms with Crippen molar-refractivity contribution in [2.45, 2.75) is 38.3 Å². The van der Waals surface area contributed by atoms with Gasteiger partial charge in [-0.15, -0.1) is 0 Å². The first-order valence-electron chi connectivity index (χ1n) is 5.51. The van der Waals surface area contributed by atoms with Crippen LogP contribution in [-0.4, -0.2) is 43.2 Å². The minimum atomic E-state index is -0.154. The summed E-state index contributed by atoms with van der Waals surface area (Å²) in [6.45, 7) is 3.62. The van der Waals surface area contributed by atoms with Gasteiger partial charge in [0.05, 0.1) is 12.1 Å². The highest BCUT2D eigenvalue weighted by Gasteiger charge is 2.24. The van der Waals surface area contributed by atoms with Crippen molar-refractivity contribution in [3.63, 3.8) is 0 Å². The molecule has 2 atom stereocenters. The van der Waals surface area contributed by atoms with Crippen molar-refractivity contribution in [2.24, 2.45) is 5.84 Å². The van der Waals surface area contributed by atoms with E-state index in [0.717, 1.165) is 32.4 Å². The van der Waals surface area contributed by atoms with Crippen LogP contribution < -0.4 is 11.3 Å². The van der Waals surface area contributed by atoms with E-state index in [4.69, 9.17) is 10.6 Å². The lowest BCUT2D eigenvalue weighted by atomic mass is 10.1. The van der Waals surface area contributed by atoms with Crippen molar-refractivity contribution in [1.82, 2.24) is 10.3 Å². The first-order chi connectivity index (χ1) is 7.19. The van der Waals surface area contributed by atoms with Gasteiger partial charge >= 0.3 is 0 Å². The molecule has 15 heavy (non-hydrogen) atoms. The summed E-state index contributed by atoms with van der Waals surface area (Å²) >= 11 is 0. The zero-order valence-electron chi connectivity index (χ0n) is 9.53. The number of nitrogens with two attached hydrogens (primary N) is 1. The monoisotopic (exact) mass is 215 g/mol. The highest BCUT2D eigenvalue weighted by molar-refractivity contribution is 5.80. The van der Waals surface area contributed by atoms with Crippen LogP contribution in [0.3, 0.4) is 0 Å². The van der Waals surface area contributed by atoms with Gasteiger partial charge < -0.3 is 4.74 Å². The van der Waals surface area contributed by atoms with E-state index in [1.807, 2.05) is 18.9 Å². The molecule has 1 amide bonds. The average molecular weight is 215 g/mol. The van der Waals surface area contributed by atoms with Gasteiger partial charge in [-0.3, -0.25) is 15.1 Å². The number of carbonyl (C=O) groups is 1. The topological polar surface area (TPSA) is 67.6 Å². The van der Waals surface area contributed by atoms with Crippen molar-refractivity contribution < 1.29 is 9.53 Å². The molecule has 0 aromatic rings. The van der Waals surface area contributed by atoms with Crippen LogP contribution >= 0.6 is 0 Å². The van der Waals surface area contributed by atoms with Crippen LogP contribution in [0.25, 0.3) is 0 Å². The maximum absolute atomic E-state index is 11.4. The van der Waals surface area contributed by atoms with Gasteiger partial charge in [0.2, 0.25) is 0 Å². The molecule has 5 heteroatoms. The molecule has 2 unspecified atom stereocenters. The third-order valence-electron chi connectivity index (χ3n) is 2.88. The number of amides is 1. The van der Waals surface area contributed by atoms with E-state index in [9.17, 15) is 4.79 Å². The summed E-state index contributed by atoms with van der Waals surface area (Å²) in [4.78, 5) is 13.5. The molecule has 0 bridgehead atoms. The zero-order chi connectivity index (χ0) is 11.3. The second kappa shape index (κ2) is 6.05. The number of likely N-dealkylation sites (N-methyl/N-ethyl adjacent to an activating group) is 1. The average Bonchev–Trinajstić information content (AvgIpc) is 2.71. The van der Waals surface area contributed by atoms with Crippen molar-refractivity contribution >= 4 is 5.91 Å². The molecule has 1 aliphatic heterocycles. The minimum Gasteiger partial charge on any atom is -0.377 e. The number of hydrogen-bond acceptors (Lipinski definition) is 4. The summed E-state index contributed by atoms with van der Waals surface area (Å²) < 4.78 is 5.53. The summed E-state index contributed by atoms with van der Waals surface area (Å²) in [6.07, 6.45) is 3.24. The van der Waals surface area contributed by atoms with Crippen LogP contribution in [0.2, 0.25) is 0 Å². The molecule has 0 radical (unpaired) electrons. The van der Waals surface area contributed by atoms with Crippen LogP contribution in [0.15, 0.2) is 0 Å². The van der Waals surface area contributed by atoms with Gasteiger partial charge in [0.1, 0.15) is 0 Å². The van der Waals surface area contributed by atoms with Gasteiger partial charge in [0, 0.05) is 13.2 Å². The standard InChI is InChI=1S/C10H21N3O2/c1-3-9(10(14)12-11)13(2)7-8-5-4-6-15-8/h8-9H,3-7,11H2,1-2H3,(H,12,14). The smallest absolute Gasteiger partial charge is 0.251 e. The van der Waals surface area contributed by atoms with Gasteiger partial charge in [-0.1, -0.05) is 6.92 Å². The molecule has 0 saturated carbocycles. The molecule has 0 aromatic heterocycles. The largest absolute Gasteiger partial charge is 0.377 e. The molecule has 0 spiro atoms. The highest BCUT2D eigenvalue weighted by Crippen LogP contribution is 2.14. The Kier molecular flexibility index (Phi) is 5.01. The number of hydrazine groups is 1. The number of carbonyl (C=O) groups excluding carboxylic acids is 1. The fraction of sp³-hybridized carbons (Fsp3) is 0.900. The van der Waals surface area contributed by atoms with E-state index in [0.29, 0.717) is 0 Å². The Hall–Kier alpha value is -0.650. The lowest BCUT2D eigenvalue weighted by Gasteiger charge is -2.27. The van der Waals surface area contributed by atoms with Gasteiger partial charge in [-0.25, -0.2) is 5.84 Å². The lowest BCUT2D eigenvalue weighted by molar-refractivity contribution is -0.126. The Bertz CT molecular complexity index is 205. The molecule has 3 N–H and O–H groups in total. The summed E-state index contributed by atoms with van der Waals surface area (Å²) in [7, 11) is 1.94. The van der Waals surface area contributed by atoms with E-state index in [-0.39, 0.29) is 18.1 Å². The molecule has 88 valence electrons. The second-order valence-electron chi connectivity index (χ2n) is 4.01. The molecule has 1 rings (SSSR count). The highest BCUT2D eigenvalue weighted by atomic mass is 16.5. The van der Waals surface area contributed by atoms with E-state index < -0.39 is 0 Å². The van der Waals surface area contributed by atoms with Gasteiger partial charge in [-0.05, 0) is 26.3 Å². The summed E-state index contributed by atoms with van der Waals surface area (Å²) in [5, 5.41) is 0. The van der Waals surface area contributed by atoms with Crippen molar-refractivity contribution in [3.8, 4) is 0 Å². The van der Waals surface area contributed by atoms with E-state index in [1.165, 1.54) is 0 Å². The zero-order valence-corrected chi connectivity index (χ0v) is 9.53. The van der Waals surface area contributed by atoms with E-state index in [1.54, 1.807) is 0 Å². The van der Waals surface area contributed by atoms with Gasteiger partial charge in [-0.2, -0.15) is 0 Å². The molecule has 1 aliphatic rings. The minimum absolute atomic E-state index is 0.127. The number of rotatable bonds is 5. The number of nitrogens with zero attached hydrogens (tertiary/aromatic N) is 1. The van der Waals surface area contributed by atoms with Crippen LogP contribution in [0.5, 0.6) is 0 Å². The molecular weight excluding hydrogens is 194 g/mol. The SMILES string of the molecule is CCC(C(=O)NN)N(C)CC1CCCO1. The fourth-order valence-corrected chi connectivity index (χ4v) is 2.03. The molecule has 1 fully saturated rings. The molecule has 0 aromatic carbocycles. The Labute approximate surface area is 90.9 Å². The van der Waals surface area contributed by atoms with Crippen LogP contribution in [0.1, 0.15) is 26.2 Å². The third-order valence-corrected chi connectivity index (χ3v) is 2.88. The Morgan fingerprint density at radius 1 is 1.73 bits per heavy atom. The number of ether oxygens (including phenoxy) is 1. The lowest BCUT2D eigenvalue weighted by Crippen LogP contribution is -2.49. The molecule has 0 aliphatic carbocycles. The third kappa shape index (κ3) is 3.44. The fourth-order valence-electron chi connectivity index (χ4n) is 2.03. The second-order valence-corrected chi connectivity index (χ2v) is 4.01. The Balaban J connectivity index is 2.41. The first kappa shape index (κ1) is 12.4. The van der Waals surface area contributed by atoms with Gasteiger partial charge in [0.25, 0.3) is 5.91 Å². The summed E-state index contributed by atoms with van der Waals surface area (Å²) in [6, 6.07) is -0.154. The predicted octanol–water partition coefficient (Wildman–Crippen LogP) is -0.134. The van der Waals surface area contributed by atoms with Crippen LogP contribution in [0, 0.1) is 0 Å². The predicted molar refractivity (Wildman–Crippen MR) is 58.0 cm³/mol. The van der Waals surface area contributed by atoms with E-state index >= 15 is 0 Å². The molecule has 1 saturated heterocycles. The normalized spacial score (nSPS) is 23.1. The van der Waals surface area contributed by atoms with Crippen molar-refractivity contribution in [3.05, 3.63) is 0 Å². The van der Waals surface area contributed by atoms with E-state index in [2.05, 4.69) is 5.43 Å². The maximum Gasteiger partial charge on any atom is 0.251 e. The maximum atomic E-state index is 11.4. The summed E-state index contributed by atoms with van der Waals surface area (Å²) in [5.74, 6) is 5.01. The Morgan fingerprint density at radius 3 is 2.93 bits per heavy atom. The number of hydrogen-bond donors (Lipinski definition) is 2. The van der Waals surface area contributed by atoms with Crippen molar-refractivity contribution in [2.75, 3.05) is 20.2 Å². The Morgan fingerprint density at radius 2 is 2.47 bits per heavy atom. The molecule has 5 nitrogen and oxygen atoms in total. The van der Waals surface area contributed by atoms with Crippen molar-refractivity contribution in [1.29, 1.82) is 0 Å². The van der Waals surface area contributed by atoms with Crippen LogP contribution in [0.4, 0.5) is 0 Å². The number of nitrogens with one attached hydrogen (secondary N) is 1. The quantitative estimate of drug-likeness (QED) is 0.381. The molecular formula is C10H21N3O2. The summed E-state index contributed by atoms with van der Waals surface area (Å²) in [5.41, 5.74) is 2.20.